The number of pyridine rings is 1. The molecule has 104 valence electrons. The van der Waals surface area contributed by atoms with Crippen molar-refractivity contribution >= 4 is 11.6 Å². The minimum absolute atomic E-state index is 0.0879. The molecule has 1 aliphatic rings. The van der Waals surface area contributed by atoms with Crippen LogP contribution in [0.1, 0.15) is 37.0 Å². The molecule has 2 rings (SSSR count). The van der Waals surface area contributed by atoms with Crippen LogP contribution in [0.2, 0.25) is 0 Å². The van der Waals surface area contributed by atoms with Crippen molar-refractivity contribution < 1.29 is 9.53 Å². The van der Waals surface area contributed by atoms with Gasteiger partial charge >= 0.3 is 0 Å². The lowest BCUT2D eigenvalue weighted by Gasteiger charge is -2.23. The second-order valence-electron chi connectivity index (χ2n) is 5.04. The van der Waals surface area contributed by atoms with Crippen LogP contribution < -0.4 is 10.6 Å². The monoisotopic (exact) mass is 263 g/mol. The maximum absolute atomic E-state index is 12.2. The van der Waals surface area contributed by atoms with E-state index >= 15 is 0 Å². The standard InChI is InChI=1S/C14H21N3O2/c1-3-16-12-9-15-7-5-11(12)13(18)17-10-14(2)6-4-8-19-14/h5,7,9,16H,3-4,6,8,10H2,1-2H3,(H,17,18). The van der Waals surface area contributed by atoms with Gasteiger partial charge in [-0.3, -0.25) is 9.78 Å². The van der Waals surface area contributed by atoms with Gasteiger partial charge in [-0.1, -0.05) is 0 Å². The molecule has 1 aromatic heterocycles. The van der Waals surface area contributed by atoms with E-state index in [1.165, 1.54) is 0 Å². The summed E-state index contributed by atoms with van der Waals surface area (Å²) in [6.45, 7) is 6.11. The van der Waals surface area contributed by atoms with Gasteiger partial charge in [0.2, 0.25) is 0 Å². The highest BCUT2D eigenvalue weighted by molar-refractivity contribution is 5.99. The van der Waals surface area contributed by atoms with Gasteiger partial charge in [-0.15, -0.1) is 0 Å². The van der Waals surface area contributed by atoms with Crippen LogP contribution in [0.4, 0.5) is 5.69 Å². The lowest BCUT2D eigenvalue weighted by Crippen LogP contribution is -2.40. The van der Waals surface area contributed by atoms with Gasteiger partial charge in [0.05, 0.1) is 23.0 Å². The number of nitrogens with zero attached hydrogens (tertiary/aromatic N) is 1. The quantitative estimate of drug-likeness (QED) is 0.850. The van der Waals surface area contributed by atoms with E-state index in [0.29, 0.717) is 12.1 Å². The zero-order chi connectivity index (χ0) is 13.7. The molecular weight excluding hydrogens is 242 g/mol. The van der Waals surface area contributed by atoms with Gasteiger partial charge in [0.25, 0.3) is 5.91 Å². The second kappa shape index (κ2) is 6.02. The largest absolute Gasteiger partial charge is 0.383 e. The molecule has 0 spiro atoms. The van der Waals surface area contributed by atoms with Gasteiger partial charge in [-0.25, -0.2) is 0 Å². The first kappa shape index (κ1) is 13.8. The Bertz CT molecular complexity index is 442. The van der Waals surface area contributed by atoms with E-state index in [0.717, 1.165) is 31.7 Å². The number of amides is 1. The van der Waals surface area contributed by atoms with E-state index in [9.17, 15) is 4.79 Å². The van der Waals surface area contributed by atoms with Gasteiger partial charge in [0.15, 0.2) is 0 Å². The predicted octanol–water partition coefficient (Wildman–Crippen LogP) is 1.81. The Labute approximate surface area is 113 Å². The minimum Gasteiger partial charge on any atom is -0.383 e. The fourth-order valence-corrected chi connectivity index (χ4v) is 2.26. The first-order valence-corrected chi connectivity index (χ1v) is 6.75. The van der Waals surface area contributed by atoms with Crippen LogP contribution >= 0.6 is 0 Å². The highest BCUT2D eigenvalue weighted by Crippen LogP contribution is 2.24. The molecule has 1 aliphatic heterocycles. The molecule has 1 aromatic rings. The molecule has 2 heterocycles. The third-order valence-electron chi connectivity index (χ3n) is 3.36. The van der Waals surface area contributed by atoms with Gasteiger partial charge in [0.1, 0.15) is 0 Å². The molecule has 2 N–H and O–H groups in total. The van der Waals surface area contributed by atoms with Crippen LogP contribution in [-0.2, 0) is 4.74 Å². The summed E-state index contributed by atoms with van der Waals surface area (Å²) in [7, 11) is 0. The number of hydrogen-bond acceptors (Lipinski definition) is 4. The summed E-state index contributed by atoms with van der Waals surface area (Å²) in [5.41, 5.74) is 1.17. The van der Waals surface area contributed by atoms with Crippen LogP contribution in [-0.4, -0.2) is 36.2 Å². The van der Waals surface area contributed by atoms with E-state index in [2.05, 4.69) is 15.6 Å². The number of carbonyl (C=O) groups excluding carboxylic acids is 1. The van der Waals surface area contributed by atoms with E-state index in [-0.39, 0.29) is 11.5 Å². The molecule has 1 amide bonds. The summed E-state index contributed by atoms with van der Waals surface area (Å²) in [5.74, 6) is -0.0879. The molecule has 0 saturated carbocycles. The fourth-order valence-electron chi connectivity index (χ4n) is 2.26. The molecule has 19 heavy (non-hydrogen) atoms. The molecule has 1 saturated heterocycles. The van der Waals surface area contributed by atoms with Crippen molar-refractivity contribution in [3.8, 4) is 0 Å². The van der Waals surface area contributed by atoms with E-state index < -0.39 is 0 Å². The van der Waals surface area contributed by atoms with Gasteiger partial charge in [0, 0.05) is 25.9 Å². The van der Waals surface area contributed by atoms with E-state index in [1.54, 1.807) is 18.5 Å². The molecule has 0 bridgehead atoms. The lowest BCUT2D eigenvalue weighted by atomic mass is 10.0. The number of carbonyl (C=O) groups is 1. The average Bonchev–Trinajstić information content (AvgIpc) is 2.85. The van der Waals surface area contributed by atoms with Gasteiger partial charge in [-0.05, 0) is 32.8 Å². The average molecular weight is 263 g/mol. The number of anilines is 1. The SMILES string of the molecule is CCNc1cnccc1C(=O)NCC1(C)CCCO1. The highest BCUT2D eigenvalue weighted by Gasteiger charge is 2.30. The van der Waals surface area contributed by atoms with Crippen molar-refractivity contribution in [1.82, 2.24) is 10.3 Å². The third kappa shape index (κ3) is 3.44. The topological polar surface area (TPSA) is 63.2 Å². The highest BCUT2D eigenvalue weighted by atomic mass is 16.5. The summed E-state index contributed by atoms with van der Waals surface area (Å²) in [4.78, 5) is 16.2. The predicted molar refractivity (Wildman–Crippen MR) is 74.3 cm³/mol. The summed E-state index contributed by atoms with van der Waals surface area (Å²) < 4.78 is 5.66. The molecule has 1 unspecified atom stereocenters. The zero-order valence-corrected chi connectivity index (χ0v) is 11.5. The van der Waals surface area contributed by atoms with E-state index in [1.807, 2.05) is 13.8 Å². The van der Waals surface area contributed by atoms with Gasteiger partial charge < -0.3 is 15.4 Å². The number of ether oxygens (including phenoxy) is 1. The molecule has 1 fully saturated rings. The second-order valence-corrected chi connectivity index (χ2v) is 5.04. The number of hydrogen-bond donors (Lipinski definition) is 2. The van der Waals surface area contributed by atoms with Crippen molar-refractivity contribution in [2.45, 2.75) is 32.3 Å². The smallest absolute Gasteiger partial charge is 0.253 e. The number of rotatable bonds is 5. The maximum Gasteiger partial charge on any atom is 0.253 e. The minimum atomic E-state index is -0.221. The molecule has 0 aliphatic carbocycles. The van der Waals surface area contributed by atoms with Crippen molar-refractivity contribution in [2.75, 3.05) is 25.0 Å². The van der Waals surface area contributed by atoms with Crippen LogP contribution in [0.25, 0.3) is 0 Å². The molecule has 5 nitrogen and oxygen atoms in total. The maximum atomic E-state index is 12.2. The summed E-state index contributed by atoms with van der Waals surface area (Å²) in [5, 5.41) is 6.09. The van der Waals surface area contributed by atoms with Crippen LogP contribution in [0.5, 0.6) is 0 Å². The first-order valence-electron chi connectivity index (χ1n) is 6.75. The Hall–Kier alpha value is -1.62. The Morgan fingerprint density at radius 3 is 3.11 bits per heavy atom. The van der Waals surface area contributed by atoms with E-state index in [4.69, 9.17) is 4.74 Å². The number of aromatic nitrogens is 1. The summed E-state index contributed by atoms with van der Waals surface area (Å²) in [6, 6.07) is 1.73. The Kier molecular flexibility index (Phi) is 4.37. The zero-order valence-electron chi connectivity index (χ0n) is 11.5. The first-order chi connectivity index (χ1) is 9.14. The normalized spacial score (nSPS) is 22.2. The number of nitrogens with one attached hydrogen (secondary N) is 2. The van der Waals surface area contributed by atoms with Crippen LogP contribution in [0.3, 0.4) is 0 Å². The molecular formula is C14H21N3O2. The molecule has 0 radical (unpaired) electrons. The van der Waals surface area contributed by atoms with Crippen molar-refractivity contribution in [1.29, 1.82) is 0 Å². The lowest BCUT2D eigenvalue weighted by molar-refractivity contribution is 0.0206. The Balaban J connectivity index is 1.99. The molecule has 1 atom stereocenters. The van der Waals surface area contributed by atoms with Crippen LogP contribution in [0, 0.1) is 0 Å². The van der Waals surface area contributed by atoms with Crippen molar-refractivity contribution in [2.24, 2.45) is 0 Å². The van der Waals surface area contributed by atoms with Gasteiger partial charge in [-0.2, -0.15) is 0 Å². The fraction of sp³-hybridized carbons (Fsp3) is 0.571. The third-order valence-corrected chi connectivity index (χ3v) is 3.36. The summed E-state index contributed by atoms with van der Waals surface area (Å²) in [6.07, 6.45) is 5.35. The molecule has 0 aromatic carbocycles. The molecule has 5 heteroatoms. The Morgan fingerprint density at radius 2 is 2.42 bits per heavy atom. The Morgan fingerprint density at radius 1 is 1.58 bits per heavy atom. The van der Waals surface area contributed by atoms with Crippen molar-refractivity contribution in [3.63, 3.8) is 0 Å². The van der Waals surface area contributed by atoms with Crippen molar-refractivity contribution in [3.05, 3.63) is 24.0 Å². The van der Waals surface area contributed by atoms with Crippen LogP contribution in [0.15, 0.2) is 18.5 Å². The summed E-state index contributed by atoms with van der Waals surface area (Å²) >= 11 is 0.